The number of benzene rings is 2. The van der Waals surface area contributed by atoms with Gasteiger partial charge in [-0.15, -0.1) is 0 Å². The molecule has 0 aromatic heterocycles. The molecule has 29 heavy (non-hydrogen) atoms. The van der Waals surface area contributed by atoms with Gasteiger partial charge in [0, 0.05) is 18.8 Å². The summed E-state index contributed by atoms with van der Waals surface area (Å²) in [5, 5.41) is 2.98. The van der Waals surface area contributed by atoms with Crippen LogP contribution in [0.2, 0.25) is 0 Å². The number of carbonyl (C=O) groups is 1. The van der Waals surface area contributed by atoms with Crippen LogP contribution in [-0.2, 0) is 22.9 Å². The zero-order chi connectivity index (χ0) is 21.8. The SMILES string of the molecule is CCc1cccc(CC)c1NC(=O)c1cc(OC)c(OC)cc1N(C)S(C)(=O)=O. The highest BCUT2D eigenvalue weighted by atomic mass is 32.2. The zero-order valence-corrected chi connectivity index (χ0v) is 18.5. The summed E-state index contributed by atoms with van der Waals surface area (Å²) in [6.07, 6.45) is 2.59. The Balaban J connectivity index is 2.63. The van der Waals surface area contributed by atoms with Gasteiger partial charge in [0.15, 0.2) is 11.5 Å². The van der Waals surface area contributed by atoms with E-state index in [1.165, 1.54) is 33.4 Å². The fourth-order valence-electron chi connectivity index (χ4n) is 3.07. The highest BCUT2D eigenvalue weighted by molar-refractivity contribution is 7.92. The molecule has 0 aliphatic rings. The molecule has 0 unspecified atom stereocenters. The number of nitrogens with zero attached hydrogens (tertiary/aromatic N) is 1. The fourth-order valence-corrected chi connectivity index (χ4v) is 3.58. The number of para-hydroxylation sites is 1. The predicted molar refractivity (Wildman–Crippen MR) is 116 cm³/mol. The maximum Gasteiger partial charge on any atom is 0.257 e. The van der Waals surface area contributed by atoms with Crippen molar-refractivity contribution in [2.24, 2.45) is 0 Å². The molecule has 8 heteroatoms. The summed E-state index contributed by atoms with van der Waals surface area (Å²) in [6, 6.07) is 8.87. The molecule has 0 atom stereocenters. The van der Waals surface area contributed by atoms with Crippen LogP contribution >= 0.6 is 0 Å². The van der Waals surface area contributed by atoms with Gasteiger partial charge in [0.05, 0.1) is 31.7 Å². The van der Waals surface area contributed by atoms with Crippen molar-refractivity contribution in [1.29, 1.82) is 0 Å². The molecule has 158 valence electrons. The van der Waals surface area contributed by atoms with Gasteiger partial charge in [-0.2, -0.15) is 0 Å². The molecule has 0 fully saturated rings. The van der Waals surface area contributed by atoms with Gasteiger partial charge >= 0.3 is 0 Å². The summed E-state index contributed by atoms with van der Waals surface area (Å²) in [7, 11) is 0.706. The summed E-state index contributed by atoms with van der Waals surface area (Å²) >= 11 is 0. The van der Waals surface area contributed by atoms with Gasteiger partial charge in [0.1, 0.15) is 0 Å². The second-order valence-electron chi connectivity index (χ2n) is 6.57. The number of hydrogen-bond acceptors (Lipinski definition) is 5. The number of rotatable bonds is 8. The molecule has 0 aliphatic carbocycles. The minimum Gasteiger partial charge on any atom is -0.493 e. The molecule has 2 aromatic rings. The first-order chi connectivity index (χ1) is 13.7. The lowest BCUT2D eigenvalue weighted by molar-refractivity contribution is 0.102. The van der Waals surface area contributed by atoms with E-state index in [4.69, 9.17) is 9.47 Å². The summed E-state index contributed by atoms with van der Waals surface area (Å²) < 4.78 is 35.9. The number of ether oxygens (including phenoxy) is 2. The molecule has 0 heterocycles. The molecule has 0 saturated heterocycles. The van der Waals surface area contributed by atoms with Crippen molar-refractivity contribution >= 4 is 27.3 Å². The van der Waals surface area contributed by atoms with E-state index in [-0.39, 0.29) is 11.3 Å². The van der Waals surface area contributed by atoms with E-state index in [0.717, 1.165) is 40.2 Å². The Morgan fingerprint density at radius 1 is 1.03 bits per heavy atom. The summed E-state index contributed by atoms with van der Waals surface area (Å²) in [5.41, 5.74) is 3.15. The molecular formula is C21H28N2O5S. The van der Waals surface area contributed by atoms with Crippen molar-refractivity contribution in [1.82, 2.24) is 0 Å². The zero-order valence-electron chi connectivity index (χ0n) is 17.7. The monoisotopic (exact) mass is 420 g/mol. The third-order valence-corrected chi connectivity index (χ3v) is 6.01. The number of sulfonamides is 1. The van der Waals surface area contributed by atoms with Gasteiger partial charge < -0.3 is 14.8 Å². The maximum atomic E-state index is 13.2. The van der Waals surface area contributed by atoms with Crippen LogP contribution in [0.5, 0.6) is 11.5 Å². The lowest BCUT2D eigenvalue weighted by Crippen LogP contribution is -2.28. The molecule has 2 rings (SSSR count). The number of nitrogens with one attached hydrogen (secondary N) is 1. The number of methoxy groups -OCH3 is 2. The van der Waals surface area contributed by atoms with Gasteiger partial charge in [-0.3, -0.25) is 9.10 Å². The predicted octanol–water partition coefficient (Wildman–Crippen LogP) is 3.48. The first-order valence-electron chi connectivity index (χ1n) is 9.29. The van der Waals surface area contributed by atoms with Crippen LogP contribution in [0.4, 0.5) is 11.4 Å². The van der Waals surface area contributed by atoms with Crippen molar-refractivity contribution in [2.75, 3.05) is 37.1 Å². The van der Waals surface area contributed by atoms with Gasteiger partial charge in [-0.05, 0) is 30.0 Å². The van der Waals surface area contributed by atoms with Crippen molar-refractivity contribution in [3.63, 3.8) is 0 Å². The van der Waals surface area contributed by atoms with Crippen LogP contribution in [0.15, 0.2) is 30.3 Å². The number of hydrogen-bond donors (Lipinski definition) is 1. The van der Waals surface area contributed by atoms with E-state index in [9.17, 15) is 13.2 Å². The highest BCUT2D eigenvalue weighted by Crippen LogP contribution is 2.36. The van der Waals surface area contributed by atoms with Crippen LogP contribution in [0.1, 0.15) is 35.3 Å². The van der Waals surface area contributed by atoms with Gasteiger partial charge in [0.2, 0.25) is 10.0 Å². The van der Waals surface area contributed by atoms with Crippen molar-refractivity contribution < 1.29 is 22.7 Å². The average Bonchev–Trinajstić information content (AvgIpc) is 2.71. The Bertz CT molecular complexity index is 980. The molecule has 2 aromatic carbocycles. The average molecular weight is 421 g/mol. The van der Waals surface area contributed by atoms with Crippen molar-refractivity contribution in [3.8, 4) is 11.5 Å². The molecule has 7 nitrogen and oxygen atoms in total. The van der Waals surface area contributed by atoms with Gasteiger partial charge in [-0.25, -0.2) is 8.42 Å². The largest absolute Gasteiger partial charge is 0.493 e. The third kappa shape index (κ3) is 4.82. The lowest BCUT2D eigenvalue weighted by Gasteiger charge is -2.22. The van der Waals surface area contributed by atoms with Crippen LogP contribution in [0.25, 0.3) is 0 Å². The molecule has 0 saturated carbocycles. The quantitative estimate of drug-likeness (QED) is 0.707. The molecule has 0 aliphatic heterocycles. The topological polar surface area (TPSA) is 84.9 Å². The van der Waals surface area contributed by atoms with E-state index in [1.54, 1.807) is 0 Å². The Morgan fingerprint density at radius 3 is 2.00 bits per heavy atom. The Morgan fingerprint density at radius 2 is 1.55 bits per heavy atom. The Kier molecular flexibility index (Phi) is 7.13. The molecule has 1 N–H and O–H groups in total. The van der Waals surface area contributed by atoms with Crippen LogP contribution in [-0.4, -0.2) is 41.8 Å². The highest BCUT2D eigenvalue weighted by Gasteiger charge is 2.24. The van der Waals surface area contributed by atoms with Crippen LogP contribution < -0.4 is 19.1 Å². The molecule has 0 radical (unpaired) electrons. The Labute approximate surface area is 172 Å². The standard InChI is InChI=1S/C21H28N2O5S/c1-7-14-10-9-11-15(8-2)20(14)22-21(24)16-12-18(27-4)19(28-5)13-17(16)23(3)29(6,25)26/h9-13H,7-8H2,1-6H3,(H,22,24). The summed E-state index contributed by atoms with van der Waals surface area (Å²) in [4.78, 5) is 13.2. The summed E-state index contributed by atoms with van der Waals surface area (Å²) in [5.74, 6) is 0.243. The summed E-state index contributed by atoms with van der Waals surface area (Å²) in [6.45, 7) is 4.04. The molecular weight excluding hydrogens is 392 g/mol. The van der Waals surface area contributed by atoms with Crippen LogP contribution in [0.3, 0.4) is 0 Å². The number of aryl methyl sites for hydroxylation is 2. The van der Waals surface area contributed by atoms with Crippen LogP contribution in [0, 0.1) is 0 Å². The van der Waals surface area contributed by atoms with Gasteiger partial charge in [0.25, 0.3) is 5.91 Å². The molecule has 0 spiro atoms. The smallest absolute Gasteiger partial charge is 0.257 e. The van der Waals surface area contributed by atoms with Crippen molar-refractivity contribution in [2.45, 2.75) is 26.7 Å². The number of anilines is 2. The Hall–Kier alpha value is -2.74. The first kappa shape index (κ1) is 22.5. The van der Waals surface area contributed by atoms with E-state index >= 15 is 0 Å². The molecule has 0 bridgehead atoms. The lowest BCUT2D eigenvalue weighted by atomic mass is 10.0. The number of carbonyl (C=O) groups excluding carboxylic acids is 1. The van der Waals surface area contributed by atoms with Gasteiger partial charge in [-0.1, -0.05) is 32.0 Å². The second-order valence-corrected chi connectivity index (χ2v) is 8.58. The second kappa shape index (κ2) is 9.17. The van der Waals surface area contributed by atoms with E-state index in [2.05, 4.69) is 5.32 Å². The van der Waals surface area contributed by atoms with E-state index in [1.807, 2.05) is 32.0 Å². The minimum atomic E-state index is -3.60. The third-order valence-electron chi connectivity index (χ3n) is 4.82. The first-order valence-corrected chi connectivity index (χ1v) is 11.1. The van der Waals surface area contributed by atoms with E-state index < -0.39 is 15.9 Å². The number of amides is 1. The molecule has 1 amide bonds. The van der Waals surface area contributed by atoms with Crippen molar-refractivity contribution in [3.05, 3.63) is 47.0 Å². The fraction of sp³-hybridized carbons (Fsp3) is 0.381. The minimum absolute atomic E-state index is 0.170. The maximum absolute atomic E-state index is 13.2. The normalized spacial score (nSPS) is 11.1. The van der Waals surface area contributed by atoms with E-state index in [0.29, 0.717) is 11.5 Å².